The Morgan fingerprint density at radius 3 is 2.31 bits per heavy atom. The van der Waals surface area contributed by atoms with Gasteiger partial charge in [-0.05, 0) is 38.5 Å². The summed E-state index contributed by atoms with van der Waals surface area (Å²) < 4.78 is 13.1. The number of hydrogen-bond donors (Lipinski definition) is 2. The second-order valence-electron chi connectivity index (χ2n) is 3.79. The summed E-state index contributed by atoms with van der Waals surface area (Å²) in [6, 6.07) is 2.56. The van der Waals surface area contributed by atoms with Crippen molar-refractivity contribution in [2.24, 2.45) is 5.73 Å². The van der Waals surface area contributed by atoms with Gasteiger partial charge in [-0.1, -0.05) is 0 Å². The first-order valence-electron chi connectivity index (χ1n) is 4.11. The van der Waals surface area contributed by atoms with E-state index < -0.39 is 5.54 Å². The van der Waals surface area contributed by atoms with E-state index >= 15 is 0 Å². The molecular formula is C10H14FNO. The van der Waals surface area contributed by atoms with Crippen LogP contribution in [0.3, 0.4) is 0 Å². The molecule has 13 heavy (non-hydrogen) atoms. The van der Waals surface area contributed by atoms with Gasteiger partial charge in [0.15, 0.2) is 0 Å². The van der Waals surface area contributed by atoms with Crippen LogP contribution in [0.15, 0.2) is 12.1 Å². The molecule has 2 nitrogen and oxygen atoms in total. The van der Waals surface area contributed by atoms with Crippen LogP contribution in [0, 0.1) is 12.7 Å². The van der Waals surface area contributed by atoms with Crippen molar-refractivity contribution in [3.63, 3.8) is 0 Å². The van der Waals surface area contributed by atoms with Gasteiger partial charge in [-0.25, -0.2) is 4.39 Å². The summed E-state index contributed by atoms with van der Waals surface area (Å²) in [7, 11) is 0. The van der Waals surface area contributed by atoms with Crippen LogP contribution in [0.5, 0.6) is 5.75 Å². The van der Waals surface area contributed by atoms with Gasteiger partial charge in [-0.2, -0.15) is 0 Å². The third-order valence-electron chi connectivity index (χ3n) is 2.02. The fraction of sp³-hybridized carbons (Fsp3) is 0.400. The lowest BCUT2D eigenvalue weighted by Crippen LogP contribution is -2.30. The number of phenolic OH excluding ortho intramolecular Hbond substituents is 1. The van der Waals surface area contributed by atoms with Gasteiger partial charge in [-0.15, -0.1) is 0 Å². The molecule has 0 aliphatic rings. The van der Waals surface area contributed by atoms with Gasteiger partial charge in [0.05, 0.1) is 0 Å². The maximum Gasteiger partial charge on any atom is 0.126 e. The molecule has 0 spiro atoms. The highest BCUT2D eigenvalue weighted by Gasteiger charge is 2.22. The fourth-order valence-electron chi connectivity index (χ4n) is 1.49. The molecular weight excluding hydrogens is 169 g/mol. The van der Waals surface area contributed by atoms with Gasteiger partial charge < -0.3 is 10.8 Å². The Morgan fingerprint density at radius 1 is 1.38 bits per heavy atom. The molecule has 0 heterocycles. The summed E-state index contributed by atoms with van der Waals surface area (Å²) in [6.07, 6.45) is 0. The number of rotatable bonds is 1. The molecule has 3 N–H and O–H groups in total. The Balaban J connectivity index is 3.43. The van der Waals surface area contributed by atoms with Gasteiger partial charge in [0.25, 0.3) is 0 Å². The van der Waals surface area contributed by atoms with Crippen molar-refractivity contribution in [3.05, 3.63) is 29.1 Å². The van der Waals surface area contributed by atoms with E-state index in [0.29, 0.717) is 11.1 Å². The van der Waals surface area contributed by atoms with Crippen molar-refractivity contribution in [3.8, 4) is 5.75 Å². The standard InChI is InChI=1S/C10H14FNO/c1-6-7(11)4-5-8(13)9(6)10(2,3)12/h4-5,13H,12H2,1-3H3. The molecule has 1 aromatic carbocycles. The lowest BCUT2D eigenvalue weighted by Gasteiger charge is -2.22. The molecule has 0 radical (unpaired) electrons. The number of benzene rings is 1. The first kappa shape index (κ1) is 9.99. The topological polar surface area (TPSA) is 46.2 Å². The van der Waals surface area contributed by atoms with Crippen LogP contribution in [-0.2, 0) is 5.54 Å². The van der Waals surface area contributed by atoms with E-state index in [2.05, 4.69) is 0 Å². The van der Waals surface area contributed by atoms with Gasteiger partial charge in [0, 0.05) is 11.1 Å². The van der Waals surface area contributed by atoms with Gasteiger partial charge in [0.1, 0.15) is 11.6 Å². The van der Waals surface area contributed by atoms with Crippen molar-refractivity contribution in [2.75, 3.05) is 0 Å². The molecule has 1 aromatic rings. The van der Waals surface area contributed by atoms with E-state index in [0.717, 1.165) is 0 Å². The summed E-state index contributed by atoms with van der Waals surface area (Å²) in [5, 5.41) is 9.50. The van der Waals surface area contributed by atoms with Crippen LogP contribution in [0.2, 0.25) is 0 Å². The minimum absolute atomic E-state index is 0.0476. The molecule has 0 amide bonds. The molecule has 72 valence electrons. The highest BCUT2D eigenvalue weighted by Crippen LogP contribution is 2.31. The third-order valence-corrected chi connectivity index (χ3v) is 2.02. The highest BCUT2D eigenvalue weighted by molar-refractivity contribution is 5.43. The Kier molecular flexibility index (Phi) is 2.30. The van der Waals surface area contributed by atoms with Crippen LogP contribution in [0.25, 0.3) is 0 Å². The number of phenols is 1. The van der Waals surface area contributed by atoms with Crippen LogP contribution >= 0.6 is 0 Å². The van der Waals surface area contributed by atoms with Crippen molar-refractivity contribution < 1.29 is 9.50 Å². The lowest BCUT2D eigenvalue weighted by molar-refractivity contribution is 0.434. The number of hydrogen-bond acceptors (Lipinski definition) is 2. The first-order valence-corrected chi connectivity index (χ1v) is 4.11. The van der Waals surface area contributed by atoms with E-state index in [1.165, 1.54) is 12.1 Å². The molecule has 0 aromatic heterocycles. The van der Waals surface area contributed by atoms with Crippen LogP contribution in [0.1, 0.15) is 25.0 Å². The Hall–Kier alpha value is -1.09. The Bertz CT molecular complexity index is 328. The molecule has 0 bridgehead atoms. The van der Waals surface area contributed by atoms with E-state index in [-0.39, 0.29) is 11.6 Å². The SMILES string of the molecule is Cc1c(F)ccc(O)c1C(C)(C)N. The Morgan fingerprint density at radius 2 is 1.92 bits per heavy atom. The van der Waals surface area contributed by atoms with Crippen molar-refractivity contribution in [1.82, 2.24) is 0 Å². The van der Waals surface area contributed by atoms with Gasteiger partial charge in [-0.3, -0.25) is 0 Å². The predicted octanol–water partition coefficient (Wildman–Crippen LogP) is 2.03. The molecule has 0 fully saturated rings. The van der Waals surface area contributed by atoms with E-state index in [1.54, 1.807) is 20.8 Å². The maximum absolute atomic E-state index is 13.1. The maximum atomic E-state index is 13.1. The van der Waals surface area contributed by atoms with Crippen LogP contribution in [0.4, 0.5) is 4.39 Å². The normalized spacial score (nSPS) is 11.8. The molecule has 0 aliphatic carbocycles. The summed E-state index contributed by atoms with van der Waals surface area (Å²) in [6.45, 7) is 5.07. The highest BCUT2D eigenvalue weighted by atomic mass is 19.1. The van der Waals surface area contributed by atoms with E-state index in [9.17, 15) is 9.50 Å². The van der Waals surface area contributed by atoms with Crippen molar-refractivity contribution >= 4 is 0 Å². The van der Waals surface area contributed by atoms with Crippen LogP contribution < -0.4 is 5.73 Å². The zero-order valence-corrected chi connectivity index (χ0v) is 8.06. The number of halogens is 1. The smallest absolute Gasteiger partial charge is 0.126 e. The predicted molar refractivity (Wildman–Crippen MR) is 50.0 cm³/mol. The minimum Gasteiger partial charge on any atom is -0.508 e. The zero-order valence-electron chi connectivity index (χ0n) is 8.06. The molecule has 0 unspecified atom stereocenters. The van der Waals surface area contributed by atoms with Crippen molar-refractivity contribution in [1.29, 1.82) is 0 Å². The van der Waals surface area contributed by atoms with E-state index in [4.69, 9.17) is 5.73 Å². The summed E-state index contributed by atoms with van der Waals surface area (Å²) in [5.41, 5.74) is 5.95. The third kappa shape index (κ3) is 1.80. The molecule has 3 heteroatoms. The van der Waals surface area contributed by atoms with Crippen molar-refractivity contribution in [2.45, 2.75) is 26.3 Å². The molecule has 0 saturated heterocycles. The fourth-order valence-corrected chi connectivity index (χ4v) is 1.49. The second kappa shape index (κ2) is 3.00. The minimum atomic E-state index is -0.726. The quantitative estimate of drug-likeness (QED) is 0.699. The summed E-state index contributed by atoms with van der Waals surface area (Å²) >= 11 is 0. The van der Waals surface area contributed by atoms with Gasteiger partial charge >= 0.3 is 0 Å². The molecule has 1 rings (SSSR count). The molecule has 0 saturated carbocycles. The van der Waals surface area contributed by atoms with Gasteiger partial charge in [0.2, 0.25) is 0 Å². The average Bonchev–Trinajstić information content (AvgIpc) is 1.95. The number of nitrogens with two attached hydrogens (primary N) is 1. The van der Waals surface area contributed by atoms with E-state index in [1.807, 2.05) is 0 Å². The molecule has 0 aliphatic heterocycles. The number of aromatic hydroxyl groups is 1. The monoisotopic (exact) mass is 183 g/mol. The summed E-state index contributed by atoms with van der Waals surface area (Å²) in [5.74, 6) is -0.294. The molecule has 0 atom stereocenters. The Labute approximate surface area is 77.2 Å². The average molecular weight is 183 g/mol. The second-order valence-corrected chi connectivity index (χ2v) is 3.79. The lowest BCUT2D eigenvalue weighted by atomic mass is 9.90. The zero-order chi connectivity index (χ0) is 10.2. The first-order chi connectivity index (χ1) is 5.84. The summed E-state index contributed by atoms with van der Waals surface area (Å²) in [4.78, 5) is 0. The largest absolute Gasteiger partial charge is 0.508 e. The van der Waals surface area contributed by atoms with Crippen LogP contribution in [-0.4, -0.2) is 5.11 Å².